The van der Waals surface area contributed by atoms with Gasteiger partial charge in [0.15, 0.2) is 12.6 Å². The Kier molecular flexibility index (Phi) is 33.8. The second-order valence-electron chi connectivity index (χ2n) is 17.1. The monoisotopic (exact) mass is 1070 g/mol. The van der Waals surface area contributed by atoms with Crippen LogP contribution in [0.5, 0.6) is 0 Å². The molecule has 0 spiro atoms. The first-order valence-corrected chi connectivity index (χ1v) is 22.7. The van der Waals surface area contributed by atoms with Gasteiger partial charge in [0.1, 0.15) is 79.7 Å². The number of fused-ring (bicyclic) bond motifs is 1. The highest BCUT2D eigenvalue weighted by atomic mass is 16.8. The summed E-state index contributed by atoms with van der Waals surface area (Å²) in [6.45, 7) is 2.03. The van der Waals surface area contributed by atoms with Crippen molar-refractivity contribution in [3.8, 4) is 0 Å². The van der Waals surface area contributed by atoms with Gasteiger partial charge in [-0.2, -0.15) is 0 Å². The number of carboxylic acids is 2. The molecule has 29 nitrogen and oxygen atoms in total. The Hall–Kier alpha value is -2.51. The minimum atomic E-state index is -2.19. The molecule has 0 radical (unpaired) electrons. The molecule has 0 aromatic rings. The highest BCUT2D eigenvalue weighted by Gasteiger charge is 2.55. The highest BCUT2D eigenvalue weighted by Crippen LogP contribution is 2.35. The normalized spacial score (nSPS) is 39.9. The molecule has 0 aromatic carbocycles. The molecule has 0 aliphatic carbocycles. The molecule has 0 bridgehead atoms. The average molecular weight is 1080 g/mol. The number of hydrogen-bond acceptors (Lipinski definition) is 29. The van der Waals surface area contributed by atoms with Crippen LogP contribution in [0.4, 0.5) is 0 Å². The van der Waals surface area contributed by atoms with Crippen LogP contribution in [0.3, 0.4) is 0 Å². The number of aliphatic hydroxyl groups excluding tert-OH is 13. The van der Waals surface area contributed by atoms with E-state index < -0.39 is 141 Å². The number of methoxy groups -OCH3 is 2. The van der Waals surface area contributed by atoms with Gasteiger partial charge in [-0.05, 0) is 39.0 Å². The standard InChI is InChI=1S/C16H24O14.C8H14O5.C8H16O5.C8H16O4.C2H6O.2CH4/c1-16(15(23)24)26-3-4-9(30-16)5(17)8(20)14(27-4)28-10-6(18)7(19)13(25-2)29-11(10)12(21)22;1-5(9)13-4-7-8(11)6(10)2-3-12-7;9-2-1-7-8(12)6(11)3-5(4-10)13-7;9-4-3-8-7(11)2-1-6(5-10)12-8;1-3-2;;/h4-11,13-14,17-20H,3H2,1-2H3,(H,21,22)(H,23,24);6-8,10-11H,2-4H2,1H3;5-12H,1-4H2;6-11H,1-5H2;1-2H3;2*1H4/p-2/t4?,5-,6-,7?,8?,9+,10-,11?,13+,14-,16?;6-,7?,8-;5?,6-,7+,8?;6?,7?,8-;;;/m0010.../s1. The van der Waals surface area contributed by atoms with Crippen molar-refractivity contribution >= 4 is 17.9 Å². The Morgan fingerprint density at radius 1 is 0.658 bits per heavy atom. The van der Waals surface area contributed by atoms with Crippen molar-refractivity contribution in [3.63, 3.8) is 0 Å². The second-order valence-corrected chi connectivity index (χ2v) is 17.1. The number of carbonyl (C=O) groups excluding carboxylic acids is 3. The summed E-state index contributed by atoms with van der Waals surface area (Å²) in [4.78, 5) is 33.0. The van der Waals surface area contributed by atoms with Gasteiger partial charge in [-0.3, -0.25) is 4.79 Å². The number of ether oxygens (including phenoxy) is 11. The number of rotatable bonds is 13. The van der Waals surface area contributed by atoms with Crippen LogP contribution < -0.4 is 10.2 Å². The van der Waals surface area contributed by atoms with Gasteiger partial charge in [0, 0.05) is 54.5 Å². The topological polar surface area (TPSA) is 462 Å². The van der Waals surface area contributed by atoms with Crippen LogP contribution in [0, 0.1) is 0 Å². The van der Waals surface area contributed by atoms with Crippen molar-refractivity contribution in [1.29, 1.82) is 0 Å². The molecular formula is C44H82O29-2. The van der Waals surface area contributed by atoms with E-state index in [1.807, 2.05) is 0 Å². The van der Waals surface area contributed by atoms with Crippen molar-refractivity contribution in [2.45, 2.75) is 195 Å². The van der Waals surface area contributed by atoms with Crippen molar-refractivity contribution in [2.75, 3.05) is 67.6 Å². The number of carbonyl (C=O) groups is 3. The number of esters is 1. The molecule has 6 fully saturated rings. The molecule has 6 rings (SSSR count). The first-order chi connectivity index (χ1) is 33.5. The van der Waals surface area contributed by atoms with Gasteiger partial charge in [0.05, 0.1) is 68.5 Å². The summed E-state index contributed by atoms with van der Waals surface area (Å²) < 4.78 is 55.4. The summed E-state index contributed by atoms with van der Waals surface area (Å²) in [7, 11) is 4.36. The third-order valence-electron chi connectivity index (χ3n) is 11.6. The largest absolute Gasteiger partial charge is 0.547 e. The zero-order chi connectivity index (χ0) is 53.7. The number of aliphatic carboxylic acids is 2. The van der Waals surface area contributed by atoms with Gasteiger partial charge in [-0.15, -0.1) is 0 Å². The van der Waals surface area contributed by atoms with Gasteiger partial charge < -0.3 is 138 Å². The quantitative estimate of drug-likeness (QED) is 0.0762. The van der Waals surface area contributed by atoms with E-state index in [9.17, 15) is 70.6 Å². The smallest absolute Gasteiger partial charge is 0.302 e. The van der Waals surface area contributed by atoms with Crippen LogP contribution in [-0.4, -0.2) is 280 Å². The maximum Gasteiger partial charge on any atom is 0.302 e. The van der Waals surface area contributed by atoms with E-state index in [4.69, 9.17) is 63.1 Å². The van der Waals surface area contributed by atoms with Gasteiger partial charge in [-0.1, -0.05) is 14.9 Å². The number of aliphatic hydroxyl groups is 13. The molecule has 6 aliphatic heterocycles. The number of carboxylic acid groups (broad SMARTS) is 2. The third kappa shape index (κ3) is 21.1. The maximum absolute atomic E-state index is 11.4. The number of hydrogen-bond donors (Lipinski definition) is 13. The molecule has 0 aromatic heterocycles. The summed E-state index contributed by atoms with van der Waals surface area (Å²) in [5.74, 6) is -6.12. The van der Waals surface area contributed by atoms with Crippen LogP contribution >= 0.6 is 0 Å². The zero-order valence-electron chi connectivity index (χ0n) is 40.1. The molecule has 21 atom stereocenters. The summed E-state index contributed by atoms with van der Waals surface area (Å²) in [6.07, 6.45) is -20.0. The fraction of sp³-hybridized carbons (Fsp3) is 0.932. The van der Waals surface area contributed by atoms with Gasteiger partial charge in [0.2, 0.25) is 5.79 Å². The second kappa shape index (κ2) is 35.0. The van der Waals surface area contributed by atoms with Crippen LogP contribution in [0.25, 0.3) is 0 Å². The minimum Gasteiger partial charge on any atom is -0.547 e. The fourth-order valence-corrected chi connectivity index (χ4v) is 7.67. The summed E-state index contributed by atoms with van der Waals surface area (Å²) >= 11 is 0. The first-order valence-electron chi connectivity index (χ1n) is 22.7. The zero-order valence-corrected chi connectivity index (χ0v) is 40.1. The molecule has 6 heterocycles. The molecule has 6 aliphatic rings. The highest BCUT2D eigenvalue weighted by molar-refractivity contribution is 5.73. The Balaban J connectivity index is 0.00000101. The lowest BCUT2D eigenvalue weighted by Crippen LogP contribution is -2.69. The van der Waals surface area contributed by atoms with E-state index in [1.165, 1.54) is 6.92 Å². The van der Waals surface area contributed by atoms with E-state index in [1.54, 1.807) is 14.2 Å². The lowest BCUT2D eigenvalue weighted by Gasteiger charge is -2.51. The lowest BCUT2D eigenvalue weighted by molar-refractivity contribution is -0.416. The summed E-state index contributed by atoms with van der Waals surface area (Å²) in [6, 6.07) is 0. The third-order valence-corrected chi connectivity index (χ3v) is 11.6. The van der Waals surface area contributed by atoms with E-state index in [-0.39, 0.29) is 72.9 Å². The molecule has 0 amide bonds. The Morgan fingerprint density at radius 2 is 1.22 bits per heavy atom. The predicted octanol–water partition coefficient (Wildman–Crippen LogP) is -8.35. The van der Waals surface area contributed by atoms with Crippen LogP contribution in [-0.2, 0) is 66.5 Å². The van der Waals surface area contributed by atoms with Crippen molar-refractivity contribution in [2.24, 2.45) is 0 Å². The molecule has 13 N–H and O–H groups in total. The van der Waals surface area contributed by atoms with E-state index in [2.05, 4.69) is 9.47 Å². The van der Waals surface area contributed by atoms with E-state index in [0.717, 1.165) is 14.0 Å². The maximum atomic E-state index is 11.4. The van der Waals surface area contributed by atoms with Gasteiger partial charge in [0.25, 0.3) is 0 Å². The van der Waals surface area contributed by atoms with Crippen molar-refractivity contribution < 1.29 is 143 Å². The van der Waals surface area contributed by atoms with Crippen LogP contribution in [0.1, 0.15) is 67.2 Å². The van der Waals surface area contributed by atoms with Crippen molar-refractivity contribution in [1.82, 2.24) is 0 Å². The molecule has 73 heavy (non-hydrogen) atoms. The molecule has 434 valence electrons. The van der Waals surface area contributed by atoms with Gasteiger partial charge >= 0.3 is 5.97 Å². The van der Waals surface area contributed by atoms with Gasteiger partial charge in [-0.25, -0.2) is 0 Å². The molecule has 29 heteroatoms. The Labute approximate surface area is 423 Å². The molecule has 10 unspecified atom stereocenters. The van der Waals surface area contributed by atoms with Crippen LogP contribution in [0.2, 0.25) is 0 Å². The van der Waals surface area contributed by atoms with Crippen LogP contribution in [0.15, 0.2) is 0 Å². The molecular weight excluding hydrogens is 992 g/mol. The Morgan fingerprint density at radius 3 is 1.75 bits per heavy atom. The average Bonchev–Trinajstić information content (AvgIpc) is 3.33. The summed E-state index contributed by atoms with van der Waals surface area (Å²) in [5, 5.41) is 145. The molecule has 6 saturated heterocycles. The summed E-state index contributed by atoms with van der Waals surface area (Å²) in [5.41, 5.74) is 0. The Bertz CT molecular complexity index is 1520. The fourth-order valence-electron chi connectivity index (χ4n) is 7.67. The lowest BCUT2D eigenvalue weighted by atomic mass is 9.96. The van der Waals surface area contributed by atoms with Crippen molar-refractivity contribution in [3.05, 3.63) is 0 Å². The minimum absolute atomic E-state index is 0. The SMILES string of the molecule is C.C.CC(=O)OCC1OCC[C@H](O)[C@@H]1O.COC.CO[C@@H]1OC(C(=O)[O-])[C@@H](O[C@@H]2OC3COC(C)(C(=O)[O-])O[C@H]3[C@@H](O)C2O)[C@@H](O)C1O.OCC[C@@H]1OC(CO)CCC1O.OCC[C@@H]1OC(CO)C[C@@H](O)C1O. The van der Waals surface area contributed by atoms with E-state index >= 15 is 0 Å². The van der Waals surface area contributed by atoms with E-state index in [0.29, 0.717) is 32.3 Å². The first kappa shape index (κ1) is 70.5. The molecule has 0 saturated carbocycles. The predicted molar refractivity (Wildman–Crippen MR) is 239 cm³/mol.